The lowest BCUT2D eigenvalue weighted by molar-refractivity contribution is -0.151. The molecule has 2 unspecified atom stereocenters. The number of hydrogen-bond donors (Lipinski definition) is 0. The molecule has 184 valence electrons. The summed E-state index contributed by atoms with van der Waals surface area (Å²) in [6.07, 6.45) is 13.6. The summed E-state index contributed by atoms with van der Waals surface area (Å²) in [6.45, 7) is 14.0. The van der Waals surface area contributed by atoms with Crippen molar-refractivity contribution in [3.63, 3.8) is 0 Å². The molecule has 0 bridgehead atoms. The molecule has 0 aliphatic heterocycles. The van der Waals surface area contributed by atoms with E-state index >= 15 is 0 Å². The molecule has 4 heteroatoms. The van der Waals surface area contributed by atoms with Gasteiger partial charge in [0, 0.05) is 6.42 Å². The molecule has 0 saturated heterocycles. The number of esters is 2. The lowest BCUT2D eigenvalue weighted by atomic mass is 9.84. The Labute approximate surface area is 193 Å². The molecule has 0 rings (SSSR count). The van der Waals surface area contributed by atoms with E-state index in [1.807, 2.05) is 0 Å². The van der Waals surface area contributed by atoms with Gasteiger partial charge >= 0.3 is 11.9 Å². The molecule has 0 radical (unpaired) electrons. The van der Waals surface area contributed by atoms with Crippen molar-refractivity contribution in [1.29, 1.82) is 0 Å². The molecule has 0 N–H and O–H groups in total. The molecule has 0 aliphatic carbocycles. The summed E-state index contributed by atoms with van der Waals surface area (Å²) in [4.78, 5) is 24.1. The first-order chi connectivity index (χ1) is 14.8. The van der Waals surface area contributed by atoms with Crippen LogP contribution in [0.25, 0.3) is 0 Å². The second-order valence-electron chi connectivity index (χ2n) is 9.95. The minimum atomic E-state index is -0.0422. The first-order valence-electron chi connectivity index (χ1n) is 13.1. The van der Waals surface area contributed by atoms with Gasteiger partial charge in [0.15, 0.2) is 0 Å². The molecule has 2 atom stereocenters. The van der Waals surface area contributed by atoms with Crippen molar-refractivity contribution in [3.8, 4) is 0 Å². The fraction of sp³-hybridized carbons (Fsp3) is 0.926. The van der Waals surface area contributed by atoms with Crippen molar-refractivity contribution >= 4 is 11.9 Å². The lowest BCUT2D eigenvalue weighted by Crippen LogP contribution is -2.26. The first-order valence-corrected chi connectivity index (χ1v) is 13.1. The highest BCUT2D eigenvalue weighted by atomic mass is 16.5. The molecule has 0 aromatic rings. The highest BCUT2D eigenvalue weighted by Crippen LogP contribution is 2.27. The molecule has 0 amide bonds. The van der Waals surface area contributed by atoms with E-state index in [4.69, 9.17) is 9.47 Å². The van der Waals surface area contributed by atoms with E-state index in [9.17, 15) is 9.59 Å². The monoisotopic (exact) mass is 440 g/mol. The molecule has 0 aromatic carbocycles. The molecule has 0 heterocycles. The molecule has 31 heavy (non-hydrogen) atoms. The number of hydrogen-bond acceptors (Lipinski definition) is 4. The first kappa shape index (κ1) is 29.9. The third-order valence-corrected chi connectivity index (χ3v) is 6.19. The van der Waals surface area contributed by atoms with Gasteiger partial charge in [-0.3, -0.25) is 9.59 Å². The zero-order valence-electron chi connectivity index (χ0n) is 21.5. The SMILES string of the molecule is CCC(CCCCCCCCCC(=O)OCCC(C)C)C(CC)C(=O)OCCC(C)C. The average Bonchev–Trinajstić information content (AvgIpc) is 2.71. The van der Waals surface area contributed by atoms with E-state index < -0.39 is 0 Å². The fourth-order valence-electron chi connectivity index (χ4n) is 3.92. The highest BCUT2D eigenvalue weighted by Gasteiger charge is 2.26. The molecular weight excluding hydrogens is 388 g/mol. The van der Waals surface area contributed by atoms with Crippen molar-refractivity contribution in [1.82, 2.24) is 0 Å². The van der Waals surface area contributed by atoms with Crippen molar-refractivity contribution in [3.05, 3.63) is 0 Å². The minimum Gasteiger partial charge on any atom is -0.466 e. The highest BCUT2D eigenvalue weighted by molar-refractivity contribution is 5.72. The van der Waals surface area contributed by atoms with Crippen molar-refractivity contribution in [2.24, 2.45) is 23.7 Å². The molecule has 0 aromatic heterocycles. The van der Waals surface area contributed by atoms with Crippen LogP contribution in [0.2, 0.25) is 0 Å². The Hall–Kier alpha value is -1.06. The summed E-state index contributed by atoms with van der Waals surface area (Å²) < 4.78 is 10.8. The van der Waals surface area contributed by atoms with E-state index in [0.29, 0.717) is 37.4 Å². The number of carbonyl (C=O) groups is 2. The third kappa shape index (κ3) is 17.2. The van der Waals surface area contributed by atoms with E-state index in [1.165, 1.54) is 32.1 Å². The Morgan fingerprint density at radius 1 is 0.645 bits per heavy atom. The smallest absolute Gasteiger partial charge is 0.309 e. The second kappa shape index (κ2) is 19.6. The number of ether oxygens (including phenoxy) is 2. The summed E-state index contributed by atoms with van der Waals surface area (Å²) in [5.41, 5.74) is 0. The predicted octanol–water partition coefficient (Wildman–Crippen LogP) is 7.73. The predicted molar refractivity (Wildman–Crippen MR) is 130 cm³/mol. The fourth-order valence-corrected chi connectivity index (χ4v) is 3.92. The van der Waals surface area contributed by atoms with Crippen LogP contribution in [0.1, 0.15) is 125 Å². The Kier molecular flexibility index (Phi) is 18.9. The molecule has 4 nitrogen and oxygen atoms in total. The number of unbranched alkanes of at least 4 members (excludes halogenated alkanes) is 6. The van der Waals surface area contributed by atoms with Gasteiger partial charge in [-0.05, 0) is 49.9 Å². The van der Waals surface area contributed by atoms with Gasteiger partial charge in [0.25, 0.3) is 0 Å². The van der Waals surface area contributed by atoms with Crippen molar-refractivity contribution < 1.29 is 19.1 Å². The van der Waals surface area contributed by atoms with Gasteiger partial charge in [-0.15, -0.1) is 0 Å². The van der Waals surface area contributed by atoms with Crippen LogP contribution in [0.4, 0.5) is 0 Å². The van der Waals surface area contributed by atoms with E-state index in [1.54, 1.807) is 0 Å². The van der Waals surface area contributed by atoms with Crippen LogP contribution >= 0.6 is 0 Å². The van der Waals surface area contributed by atoms with Gasteiger partial charge in [-0.1, -0.05) is 86.5 Å². The van der Waals surface area contributed by atoms with Gasteiger partial charge in [0.05, 0.1) is 19.1 Å². The van der Waals surface area contributed by atoms with E-state index in [2.05, 4.69) is 41.5 Å². The van der Waals surface area contributed by atoms with Gasteiger partial charge in [-0.2, -0.15) is 0 Å². The van der Waals surface area contributed by atoms with Crippen LogP contribution in [0, 0.1) is 23.7 Å². The van der Waals surface area contributed by atoms with Crippen LogP contribution in [0.3, 0.4) is 0 Å². The maximum Gasteiger partial charge on any atom is 0.309 e. The minimum absolute atomic E-state index is 0.0118. The lowest BCUT2D eigenvalue weighted by Gasteiger charge is -2.24. The summed E-state index contributed by atoms with van der Waals surface area (Å²) in [7, 11) is 0. The molecular formula is C27H52O4. The summed E-state index contributed by atoms with van der Waals surface area (Å²) in [6, 6.07) is 0. The zero-order valence-corrected chi connectivity index (χ0v) is 21.5. The maximum atomic E-state index is 12.5. The summed E-state index contributed by atoms with van der Waals surface area (Å²) in [5.74, 6) is 1.61. The Bertz CT molecular complexity index is 445. The molecule has 0 spiro atoms. The van der Waals surface area contributed by atoms with E-state index in [-0.39, 0.29) is 17.9 Å². The third-order valence-electron chi connectivity index (χ3n) is 6.19. The van der Waals surface area contributed by atoms with E-state index in [0.717, 1.165) is 44.9 Å². The zero-order chi connectivity index (χ0) is 23.5. The largest absolute Gasteiger partial charge is 0.466 e. The van der Waals surface area contributed by atoms with Gasteiger partial charge in [-0.25, -0.2) is 0 Å². The van der Waals surface area contributed by atoms with Crippen molar-refractivity contribution in [2.45, 2.75) is 125 Å². The summed E-state index contributed by atoms with van der Waals surface area (Å²) in [5, 5.41) is 0. The topological polar surface area (TPSA) is 52.6 Å². The Balaban J connectivity index is 3.81. The number of carbonyl (C=O) groups excluding carboxylic acids is 2. The maximum absolute atomic E-state index is 12.5. The normalized spacial score (nSPS) is 13.4. The molecule has 0 aliphatic rings. The van der Waals surface area contributed by atoms with Gasteiger partial charge < -0.3 is 9.47 Å². The van der Waals surface area contributed by atoms with Crippen LogP contribution < -0.4 is 0 Å². The Morgan fingerprint density at radius 2 is 1.16 bits per heavy atom. The molecule has 0 fully saturated rings. The van der Waals surface area contributed by atoms with Crippen LogP contribution in [-0.4, -0.2) is 25.2 Å². The Morgan fingerprint density at radius 3 is 1.68 bits per heavy atom. The van der Waals surface area contributed by atoms with Gasteiger partial charge in [0.2, 0.25) is 0 Å². The quantitative estimate of drug-likeness (QED) is 0.143. The number of rotatable bonds is 20. The van der Waals surface area contributed by atoms with Crippen LogP contribution in [0.5, 0.6) is 0 Å². The standard InChI is InChI=1S/C27H52O4/c1-7-24(25(8-2)27(29)31-21-19-23(5)6)16-14-12-10-9-11-13-15-17-26(28)30-20-18-22(3)4/h22-25H,7-21H2,1-6H3. The van der Waals surface area contributed by atoms with Crippen LogP contribution in [-0.2, 0) is 19.1 Å². The van der Waals surface area contributed by atoms with Gasteiger partial charge in [0.1, 0.15) is 0 Å². The molecule has 0 saturated carbocycles. The van der Waals surface area contributed by atoms with Crippen molar-refractivity contribution in [2.75, 3.05) is 13.2 Å². The second-order valence-corrected chi connectivity index (χ2v) is 9.95. The average molecular weight is 441 g/mol. The summed E-state index contributed by atoms with van der Waals surface area (Å²) >= 11 is 0. The van der Waals surface area contributed by atoms with Crippen LogP contribution in [0.15, 0.2) is 0 Å².